The molecule has 0 aromatic heterocycles. The van der Waals surface area contributed by atoms with Gasteiger partial charge in [0.15, 0.2) is 0 Å². The summed E-state index contributed by atoms with van der Waals surface area (Å²) in [5, 5.41) is 0. The van der Waals surface area contributed by atoms with Gasteiger partial charge < -0.3 is 4.74 Å². The molecule has 0 heterocycles. The number of hydrogen-bond donors (Lipinski definition) is 0. The normalized spacial score (nSPS) is 10.0. The number of benzene rings is 1. The minimum Gasteiger partial charge on any atom is -0.494 e. The maximum atomic E-state index is 5.68. The Kier molecular flexibility index (Phi) is 7.80. The number of terminal acetylenes is 1. The fourth-order valence-corrected chi connectivity index (χ4v) is 1.92. The summed E-state index contributed by atoms with van der Waals surface area (Å²) in [5.41, 5.74) is 0.882. The molecule has 0 amide bonds. The van der Waals surface area contributed by atoms with Crippen LogP contribution in [-0.4, -0.2) is 6.61 Å². The summed E-state index contributed by atoms with van der Waals surface area (Å²) in [4.78, 5) is 0. The van der Waals surface area contributed by atoms with Crippen LogP contribution in [0.3, 0.4) is 0 Å². The minimum absolute atomic E-state index is 0.793. The van der Waals surface area contributed by atoms with Gasteiger partial charge >= 0.3 is 0 Å². The van der Waals surface area contributed by atoms with E-state index in [9.17, 15) is 0 Å². The summed E-state index contributed by atoms with van der Waals surface area (Å²) in [7, 11) is 0. The average Bonchev–Trinajstić information content (AvgIpc) is 2.42. The molecule has 0 unspecified atom stereocenters. The van der Waals surface area contributed by atoms with Gasteiger partial charge in [0.05, 0.1) is 6.61 Å². The van der Waals surface area contributed by atoms with Crippen LogP contribution in [0.1, 0.15) is 57.4 Å². The predicted molar refractivity (Wildman–Crippen MR) is 77.9 cm³/mol. The highest BCUT2D eigenvalue weighted by Crippen LogP contribution is 2.13. The summed E-state index contributed by atoms with van der Waals surface area (Å²) >= 11 is 0. The molecule has 0 saturated carbocycles. The Morgan fingerprint density at radius 2 is 1.78 bits per heavy atom. The molecule has 0 N–H and O–H groups in total. The average molecular weight is 244 g/mol. The second-order valence-corrected chi connectivity index (χ2v) is 4.64. The topological polar surface area (TPSA) is 9.23 Å². The Morgan fingerprint density at radius 3 is 2.50 bits per heavy atom. The zero-order valence-corrected chi connectivity index (χ0v) is 11.5. The predicted octanol–water partition coefficient (Wildman–Crippen LogP) is 4.80. The Hall–Kier alpha value is -1.42. The lowest BCUT2D eigenvalue weighted by Gasteiger charge is -2.06. The first-order chi connectivity index (χ1) is 8.86. The molecule has 0 aliphatic rings. The van der Waals surface area contributed by atoms with Gasteiger partial charge in [0, 0.05) is 5.56 Å². The second-order valence-electron chi connectivity index (χ2n) is 4.64. The highest BCUT2D eigenvalue weighted by molar-refractivity contribution is 5.38. The zero-order valence-electron chi connectivity index (χ0n) is 11.5. The number of ether oxygens (including phenoxy) is 1. The third kappa shape index (κ3) is 6.35. The number of unbranched alkanes of at least 4 members (excludes halogenated alkanes) is 6. The van der Waals surface area contributed by atoms with Crippen LogP contribution in [0.4, 0.5) is 0 Å². The van der Waals surface area contributed by atoms with Gasteiger partial charge in [-0.2, -0.15) is 0 Å². The largest absolute Gasteiger partial charge is 0.494 e. The molecule has 0 saturated heterocycles. The van der Waals surface area contributed by atoms with Crippen molar-refractivity contribution in [2.75, 3.05) is 6.61 Å². The monoisotopic (exact) mass is 244 g/mol. The van der Waals surface area contributed by atoms with Crippen LogP contribution in [0.5, 0.6) is 5.75 Å². The quantitative estimate of drug-likeness (QED) is 0.448. The summed E-state index contributed by atoms with van der Waals surface area (Å²) in [6, 6.07) is 7.74. The molecule has 0 fully saturated rings. The molecule has 0 aliphatic carbocycles. The molecular weight excluding hydrogens is 220 g/mol. The van der Waals surface area contributed by atoms with E-state index >= 15 is 0 Å². The van der Waals surface area contributed by atoms with Crippen molar-refractivity contribution in [1.29, 1.82) is 0 Å². The molecule has 18 heavy (non-hydrogen) atoms. The van der Waals surface area contributed by atoms with Gasteiger partial charge in [-0.1, -0.05) is 57.4 Å². The molecule has 1 aromatic rings. The lowest BCUT2D eigenvalue weighted by Crippen LogP contribution is -1.97. The highest BCUT2D eigenvalue weighted by atomic mass is 16.5. The molecule has 1 heteroatoms. The van der Waals surface area contributed by atoms with E-state index < -0.39 is 0 Å². The smallest absolute Gasteiger partial charge is 0.120 e. The van der Waals surface area contributed by atoms with Crippen molar-refractivity contribution in [1.82, 2.24) is 0 Å². The van der Waals surface area contributed by atoms with Gasteiger partial charge in [-0.15, -0.1) is 6.42 Å². The van der Waals surface area contributed by atoms with Crippen LogP contribution in [0.25, 0.3) is 0 Å². The molecule has 0 atom stereocenters. The van der Waals surface area contributed by atoms with Crippen LogP contribution in [-0.2, 0) is 0 Å². The Bertz CT molecular complexity index is 362. The second kappa shape index (κ2) is 9.59. The van der Waals surface area contributed by atoms with Crippen molar-refractivity contribution >= 4 is 0 Å². The lowest BCUT2D eigenvalue weighted by atomic mass is 10.1. The van der Waals surface area contributed by atoms with Gasteiger partial charge in [-0.3, -0.25) is 0 Å². The van der Waals surface area contributed by atoms with E-state index in [2.05, 4.69) is 12.8 Å². The summed E-state index contributed by atoms with van der Waals surface area (Å²) in [6.07, 6.45) is 14.5. The molecule has 0 bridgehead atoms. The van der Waals surface area contributed by atoms with Gasteiger partial charge in [0.2, 0.25) is 0 Å². The maximum Gasteiger partial charge on any atom is 0.120 e. The van der Waals surface area contributed by atoms with Crippen molar-refractivity contribution in [2.24, 2.45) is 0 Å². The molecule has 0 radical (unpaired) electrons. The van der Waals surface area contributed by atoms with Crippen molar-refractivity contribution in [3.63, 3.8) is 0 Å². The van der Waals surface area contributed by atoms with E-state index in [0.29, 0.717) is 0 Å². The first-order valence-corrected chi connectivity index (χ1v) is 7.06. The van der Waals surface area contributed by atoms with Crippen LogP contribution >= 0.6 is 0 Å². The number of rotatable bonds is 9. The molecular formula is C17H24O. The van der Waals surface area contributed by atoms with E-state index in [1.54, 1.807) is 0 Å². The van der Waals surface area contributed by atoms with Crippen LogP contribution in [0.15, 0.2) is 24.3 Å². The standard InChI is InChI=1S/C17H24O/c1-3-5-6-7-8-9-10-14-18-17-13-11-12-16(4-2)15-17/h2,11-13,15H,3,5-10,14H2,1H3. The van der Waals surface area contributed by atoms with E-state index in [-0.39, 0.29) is 0 Å². The van der Waals surface area contributed by atoms with Gasteiger partial charge in [0.25, 0.3) is 0 Å². The van der Waals surface area contributed by atoms with Crippen molar-refractivity contribution in [3.8, 4) is 18.1 Å². The van der Waals surface area contributed by atoms with E-state index in [0.717, 1.165) is 24.3 Å². The first kappa shape index (κ1) is 14.6. The third-order valence-corrected chi connectivity index (χ3v) is 3.02. The van der Waals surface area contributed by atoms with Gasteiger partial charge in [0.1, 0.15) is 5.75 Å². The molecule has 1 aromatic carbocycles. The van der Waals surface area contributed by atoms with Crippen LogP contribution in [0, 0.1) is 12.3 Å². The summed E-state index contributed by atoms with van der Waals surface area (Å²) in [6.45, 7) is 3.04. The maximum absolute atomic E-state index is 5.68. The molecule has 1 rings (SSSR count). The molecule has 0 spiro atoms. The van der Waals surface area contributed by atoms with Crippen molar-refractivity contribution in [3.05, 3.63) is 29.8 Å². The first-order valence-electron chi connectivity index (χ1n) is 7.06. The van der Waals surface area contributed by atoms with E-state index in [4.69, 9.17) is 11.2 Å². The zero-order chi connectivity index (χ0) is 13.1. The fourth-order valence-electron chi connectivity index (χ4n) is 1.92. The van der Waals surface area contributed by atoms with Crippen molar-refractivity contribution < 1.29 is 4.74 Å². The van der Waals surface area contributed by atoms with Gasteiger partial charge in [-0.25, -0.2) is 0 Å². The fraction of sp³-hybridized carbons (Fsp3) is 0.529. The van der Waals surface area contributed by atoms with Crippen LogP contribution in [0.2, 0.25) is 0 Å². The number of hydrogen-bond acceptors (Lipinski definition) is 1. The lowest BCUT2D eigenvalue weighted by molar-refractivity contribution is 0.304. The molecule has 98 valence electrons. The van der Waals surface area contributed by atoms with Crippen LogP contribution < -0.4 is 4.74 Å². The SMILES string of the molecule is C#Cc1cccc(OCCCCCCCCC)c1. The minimum atomic E-state index is 0.793. The van der Waals surface area contributed by atoms with Crippen molar-refractivity contribution in [2.45, 2.75) is 51.9 Å². The molecule has 0 aliphatic heterocycles. The van der Waals surface area contributed by atoms with E-state index in [1.165, 1.54) is 38.5 Å². The van der Waals surface area contributed by atoms with Gasteiger partial charge in [-0.05, 0) is 24.6 Å². The molecule has 1 nitrogen and oxygen atoms in total. The Labute approximate surface area is 112 Å². The summed E-state index contributed by atoms with van der Waals surface area (Å²) < 4.78 is 5.68. The van der Waals surface area contributed by atoms with E-state index in [1.807, 2.05) is 24.3 Å². The Morgan fingerprint density at radius 1 is 1.06 bits per heavy atom. The summed E-state index contributed by atoms with van der Waals surface area (Å²) in [5.74, 6) is 3.50. The Balaban J connectivity index is 2.05. The third-order valence-electron chi connectivity index (χ3n) is 3.02. The highest BCUT2D eigenvalue weighted by Gasteiger charge is 1.95.